The maximum atomic E-state index is 13.9. The predicted octanol–water partition coefficient (Wildman–Crippen LogP) is 6.91. The lowest BCUT2D eigenvalue weighted by Gasteiger charge is -2.27. The van der Waals surface area contributed by atoms with Gasteiger partial charge in [0.2, 0.25) is 5.78 Å². The Balaban J connectivity index is 1.65. The lowest BCUT2D eigenvalue weighted by Crippen LogP contribution is -2.31. The Hall–Kier alpha value is -3.65. The molecule has 4 aromatic rings. The smallest absolute Gasteiger partial charge is 0.294 e. The average Bonchev–Trinajstić information content (AvgIpc) is 3.38. The van der Waals surface area contributed by atoms with Crippen LogP contribution in [0.25, 0.3) is 10.6 Å². The van der Waals surface area contributed by atoms with Gasteiger partial charge in [-0.25, -0.2) is 4.98 Å². The molecule has 36 heavy (non-hydrogen) atoms. The van der Waals surface area contributed by atoms with E-state index in [-0.39, 0.29) is 16.3 Å². The molecule has 0 saturated carbocycles. The molecule has 2 N–H and O–H groups in total. The maximum absolute atomic E-state index is 13.9. The number of carbonyl (C=O) groups is 2. The zero-order valence-electron chi connectivity index (χ0n) is 18.8. The van der Waals surface area contributed by atoms with Crippen LogP contribution < -0.4 is 4.90 Å². The predicted molar refractivity (Wildman–Crippen MR) is 141 cm³/mol. The molecule has 9 heteroatoms. The van der Waals surface area contributed by atoms with Crippen molar-refractivity contribution in [1.82, 2.24) is 4.98 Å². The molecular weight excluding hydrogens is 519 g/mol. The van der Waals surface area contributed by atoms with Crippen molar-refractivity contribution < 1.29 is 19.8 Å². The number of phenols is 1. The number of nitrogens with zero attached hydrogens (tertiary/aromatic N) is 2. The normalized spacial score (nSPS) is 15.6. The molecular formula is C27H18Cl2N2O4S. The van der Waals surface area contributed by atoms with Crippen LogP contribution >= 0.6 is 34.5 Å². The molecule has 3 aromatic carbocycles. The zero-order chi connectivity index (χ0) is 25.6. The number of phenolic OH excluding ortho intramolecular Hbond substituents is 1. The van der Waals surface area contributed by atoms with Crippen molar-refractivity contribution in [1.29, 1.82) is 0 Å². The molecule has 1 aliphatic heterocycles. The van der Waals surface area contributed by atoms with Gasteiger partial charge in [0.15, 0.2) is 5.76 Å². The van der Waals surface area contributed by atoms with Crippen LogP contribution in [0.4, 0.5) is 5.69 Å². The number of halogens is 2. The topological polar surface area (TPSA) is 90.7 Å². The number of benzene rings is 3. The Bertz CT molecular complexity index is 1550. The molecule has 0 saturated heterocycles. The molecule has 0 fully saturated rings. The second-order valence-corrected chi connectivity index (χ2v) is 10.0. The summed E-state index contributed by atoms with van der Waals surface area (Å²) in [7, 11) is 0. The Morgan fingerprint density at radius 2 is 1.75 bits per heavy atom. The zero-order valence-corrected chi connectivity index (χ0v) is 21.1. The Morgan fingerprint density at radius 1 is 1.00 bits per heavy atom. The van der Waals surface area contributed by atoms with E-state index in [1.807, 2.05) is 30.3 Å². The molecule has 2 heterocycles. The number of aryl methyl sites for hydroxylation is 1. The number of anilines is 1. The fourth-order valence-corrected chi connectivity index (χ4v) is 5.57. The summed E-state index contributed by atoms with van der Waals surface area (Å²) in [5.41, 5.74) is 2.06. The van der Waals surface area contributed by atoms with Crippen LogP contribution in [-0.4, -0.2) is 26.9 Å². The maximum Gasteiger partial charge on any atom is 0.294 e. The molecule has 0 aliphatic carbocycles. The Kier molecular flexibility index (Phi) is 6.30. The van der Waals surface area contributed by atoms with E-state index in [1.165, 1.54) is 28.4 Å². The van der Waals surface area contributed by atoms with Gasteiger partial charge in [-0.1, -0.05) is 65.7 Å². The number of carbonyl (C=O) groups excluding carboxylic acids is 2. The van der Waals surface area contributed by atoms with Gasteiger partial charge in [-0.3, -0.25) is 14.5 Å². The van der Waals surface area contributed by atoms with Crippen molar-refractivity contribution in [3.63, 3.8) is 0 Å². The highest BCUT2D eigenvalue weighted by Crippen LogP contribution is 2.44. The van der Waals surface area contributed by atoms with Crippen LogP contribution in [0.1, 0.15) is 27.0 Å². The van der Waals surface area contributed by atoms with E-state index in [0.29, 0.717) is 31.9 Å². The van der Waals surface area contributed by atoms with E-state index in [4.69, 9.17) is 23.2 Å². The van der Waals surface area contributed by atoms with Gasteiger partial charge < -0.3 is 10.2 Å². The number of hydrogen-bond acceptors (Lipinski definition) is 6. The summed E-state index contributed by atoms with van der Waals surface area (Å²) in [4.78, 5) is 33.4. The second kappa shape index (κ2) is 9.43. The Morgan fingerprint density at radius 3 is 2.44 bits per heavy atom. The number of hydrogen-bond donors (Lipinski definition) is 2. The van der Waals surface area contributed by atoms with E-state index < -0.39 is 23.5 Å². The van der Waals surface area contributed by atoms with E-state index >= 15 is 0 Å². The summed E-state index contributed by atoms with van der Waals surface area (Å²) in [5.74, 6) is -2.08. The van der Waals surface area contributed by atoms with Crippen molar-refractivity contribution in [3.05, 3.63) is 110 Å². The highest BCUT2D eigenvalue weighted by Gasteiger charge is 2.45. The number of aromatic hydroxyl groups is 1. The molecule has 0 bridgehead atoms. The van der Waals surface area contributed by atoms with Crippen LogP contribution in [0.3, 0.4) is 0 Å². The summed E-state index contributed by atoms with van der Waals surface area (Å²) in [6.07, 6.45) is 0. The summed E-state index contributed by atoms with van der Waals surface area (Å²) in [5, 5.41) is 22.0. The number of amides is 1. The molecule has 1 atom stereocenters. The van der Waals surface area contributed by atoms with Crippen molar-refractivity contribution in [3.8, 4) is 16.3 Å². The first kappa shape index (κ1) is 24.1. The third-order valence-corrected chi connectivity index (χ3v) is 7.59. The van der Waals surface area contributed by atoms with E-state index in [9.17, 15) is 19.8 Å². The lowest BCUT2D eigenvalue weighted by atomic mass is 9.94. The minimum absolute atomic E-state index is 0.0458. The number of aliphatic hydroxyl groups is 1. The van der Waals surface area contributed by atoms with Crippen LogP contribution in [0.15, 0.2) is 84.1 Å². The lowest BCUT2D eigenvalue weighted by molar-refractivity contribution is -0.117. The van der Waals surface area contributed by atoms with Gasteiger partial charge in [-0.15, -0.1) is 11.3 Å². The minimum atomic E-state index is -1.01. The van der Waals surface area contributed by atoms with Crippen LogP contribution in [-0.2, 0) is 4.79 Å². The van der Waals surface area contributed by atoms with E-state index in [2.05, 4.69) is 4.98 Å². The van der Waals surface area contributed by atoms with Crippen LogP contribution in [0.2, 0.25) is 10.0 Å². The van der Waals surface area contributed by atoms with E-state index in [1.54, 1.807) is 37.3 Å². The van der Waals surface area contributed by atoms with E-state index in [0.717, 1.165) is 5.56 Å². The van der Waals surface area contributed by atoms with Gasteiger partial charge in [-0.2, -0.15) is 0 Å². The van der Waals surface area contributed by atoms with Gasteiger partial charge in [-0.05, 0) is 42.8 Å². The van der Waals surface area contributed by atoms with Crippen molar-refractivity contribution >= 4 is 51.9 Å². The number of Topliss-reactive ketones (excluding diaryl/α,β-unsaturated/α-hetero) is 1. The van der Waals surface area contributed by atoms with Crippen LogP contribution in [0, 0.1) is 6.92 Å². The number of ketones is 1. The molecule has 0 radical (unpaired) electrons. The average molecular weight is 537 g/mol. The quantitative estimate of drug-likeness (QED) is 0.270. The molecule has 5 rings (SSSR count). The summed E-state index contributed by atoms with van der Waals surface area (Å²) < 4.78 is 0. The van der Waals surface area contributed by atoms with Crippen molar-refractivity contribution in [2.75, 3.05) is 4.90 Å². The van der Waals surface area contributed by atoms with Crippen molar-refractivity contribution in [2.45, 2.75) is 13.0 Å². The number of thiazole rings is 1. The minimum Gasteiger partial charge on any atom is -0.506 e. The number of rotatable bonds is 5. The number of aliphatic hydroxyl groups excluding tert-OH is 1. The molecule has 1 unspecified atom stereocenters. The van der Waals surface area contributed by atoms with Gasteiger partial charge in [0, 0.05) is 16.3 Å². The molecule has 0 spiro atoms. The monoisotopic (exact) mass is 536 g/mol. The third kappa shape index (κ3) is 4.15. The molecule has 6 nitrogen and oxygen atoms in total. The molecule has 1 aliphatic rings. The molecule has 1 aromatic heterocycles. The summed E-state index contributed by atoms with van der Waals surface area (Å²) >= 11 is 13.6. The molecule has 1 amide bonds. The fourth-order valence-electron chi connectivity index (χ4n) is 4.17. The summed E-state index contributed by atoms with van der Waals surface area (Å²) in [6, 6.07) is 19.4. The standard InChI is InChI=1S/C27H18Cl2N2O4S/c1-14-25(36-26(30-14)15-6-3-2-4-7-15)23(33)21-22(16-10-11-20(32)19(29)12-16)31(27(35)24(21)34)18-9-5-8-17(28)13-18/h2-13,22,32,34H,1H3. The van der Waals surface area contributed by atoms with Crippen LogP contribution in [0.5, 0.6) is 5.75 Å². The highest BCUT2D eigenvalue weighted by molar-refractivity contribution is 7.17. The highest BCUT2D eigenvalue weighted by atomic mass is 35.5. The first-order valence-corrected chi connectivity index (χ1v) is 12.4. The second-order valence-electron chi connectivity index (χ2n) is 8.16. The first-order valence-electron chi connectivity index (χ1n) is 10.8. The van der Waals surface area contributed by atoms with Crippen molar-refractivity contribution in [2.24, 2.45) is 0 Å². The molecule has 180 valence electrons. The fraction of sp³-hybridized carbons (Fsp3) is 0.0741. The van der Waals surface area contributed by atoms with Gasteiger partial charge in [0.05, 0.1) is 27.2 Å². The SMILES string of the molecule is Cc1nc(-c2ccccc2)sc1C(=O)C1=C(O)C(=O)N(c2cccc(Cl)c2)C1c1ccc(O)c(Cl)c1. The van der Waals surface area contributed by atoms with Gasteiger partial charge in [0.25, 0.3) is 5.91 Å². The third-order valence-electron chi connectivity index (χ3n) is 5.85. The summed E-state index contributed by atoms with van der Waals surface area (Å²) in [6.45, 7) is 1.71. The Labute approximate surface area is 220 Å². The van der Waals surface area contributed by atoms with Gasteiger partial charge >= 0.3 is 0 Å². The van der Waals surface area contributed by atoms with Gasteiger partial charge in [0.1, 0.15) is 10.8 Å². The largest absolute Gasteiger partial charge is 0.506 e. The first-order chi connectivity index (χ1) is 17.3. The number of aromatic nitrogens is 1.